The molecule has 0 amide bonds. The highest BCUT2D eigenvalue weighted by molar-refractivity contribution is 5.85. The van der Waals surface area contributed by atoms with Gasteiger partial charge in [-0.05, 0) is 62.2 Å². The van der Waals surface area contributed by atoms with Gasteiger partial charge < -0.3 is 9.84 Å². The van der Waals surface area contributed by atoms with Crippen LogP contribution in [0.2, 0.25) is 0 Å². The first-order valence-corrected chi connectivity index (χ1v) is 9.77. The zero-order chi connectivity index (χ0) is 19.0. The fraction of sp³-hybridized carbons (Fsp3) is 0.905. The maximum Gasteiger partial charge on any atom is 0.305 e. The number of carbonyl (C=O) groups excluding carboxylic acids is 2. The Labute approximate surface area is 152 Å². The quantitative estimate of drug-likeness (QED) is 0.755. The molecule has 4 nitrogen and oxygen atoms in total. The summed E-state index contributed by atoms with van der Waals surface area (Å²) in [6.07, 6.45) is 5.36. The first-order chi connectivity index (χ1) is 11.4. The molecule has 2 saturated carbocycles. The van der Waals surface area contributed by atoms with Gasteiger partial charge in [0.05, 0.1) is 12.7 Å². The minimum atomic E-state index is -0.702. The lowest BCUT2D eigenvalue weighted by Gasteiger charge is -2.60. The number of fused-ring (bicyclic) bond motifs is 1. The van der Waals surface area contributed by atoms with Gasteiger partial charge in [-0.2, -0.15) is 0 Å². The van der Waals surface area contributed by atoms with Crippen molar-refractivity contribution in [1.29, 1.82) is 0 Å². The lowest BCUT2D eigenvalue weighted by Crippen LogP contribution is -2.59. The predicted molar refractivity (Wildman–Crippen MR) is 98.0 cm³/mol. The van der Waals surface area contributed by atoms with Crippen molar-refractivity contribution in [2.75, 3.05) is 7.11 Å². The Morgan fingerprint density at radius 3 is 2.52 bits per heavy atom. The summed E-state index contributed by atoms with van der Waals surface area (Å²) in [4.78, 5) is 24.0. The summed E-state index contributed by atoms with van der Waals surface area (Å²) in [5, 5.41) is 11.1. The highest BCUT2D eigenvalue weighted by atomic mass is 16.5. The van der Waals surface area contributed by atoms with E-state index in [1.54, 1.807) is 0 Å². The Hall–Kier alpha value is -0.900. The third-order valence-corrected chi connectivity index (χ3v) is 7.45. The number of Topliss-reactive ketones (excluding diaryl/α,β-unsaturated/α-hetero) is 1. The summed E-state index contributed by atoms with van der Waals surface area (Å²) >= 11 is 0. The maximum absolute atomic E-state index is 12.5. The van der Waals surface area contributed by atoms with Gasteiger partial charge in [-0.3, -0.25) is 9.59 Å². The SMILES string of the molecule is COC(=O)CC(C)CCC1C(C)(O)CCC2C(C)(C)C(=O)CCC12C. The van der Waals surface area contributed by atoms with Crippen molar-refractivity contribution in [2.24, 2.45) is 28.6 Å². The van der Waals surface area contributed by atoms with Gasteiger partial charge in [-0.15, -0.1) is 0 Å². The summed E-state index contributed by atoms with van der Waals surface area (Å²) in [6.45, 7) is 10.5. The average Bonchev–Trinajstić information content (AvgIpc) is 2.50. The van der Waals surface area contributed by atoms with Crippen LogP contribution in [0.1, 0.15) is 79.6 Å². The van der Waals surface area contributed by atoms with E-state index in [9.17, 15) is 14.7 Å². The van der Waals surface area contributed by atoms with Gasteiger partial charge >= 0.3 is 5.97 Å². The molecule has 5 atom stereocenters. The molecule has 0 radical (unpaired) electrons. The van der Waals surface area contributed by atoms with E-state index in [0.717, 1.165) is 32.1 Å². The van der Waals surface area contributed by atoms with Gasteiger partial charge in [-0.25, -0.2) is 0 Å². The normalized spacial score (nSPS) is 38.8. The van der Waals surface area contributed by atoms with E-state index in [1.165, 1.54) is 7.11 Å². The van der Waals surface area contributed by atoms with Crippen LogP contribution in [-0.2, 0) is 14.3 Å². The van der Waals surface area contributed by atoms with E-state index >= 15 is 0 Å². The molecule has 2 aliphatic rings. The fourth-order valence-corrected chi connectivity index (χ4v) is 5.89. The summed E-state index contributed by atoms with van der Waals surface area (Å²) in [5.41, 5.74) is -1.03. The number of aliphatic hydroxyl groups is 1. The van der Waals surface area contributed by atoms with Crippen LogP contribution in [0.15, 0.2) is 0 Å². The molecular formula is C21H36O4. The largest absolute Gasteiger partial charge is 0.469 e. The Balaban J connectivity index is 2.18. The van der Waals surface area contributed by atoms with Gasteiger partial charge in [0, 0.05) is 18.3 Å². The molecule has 0 aromatic carbocycles. The van der Waals surface area contributed by atoms with E-state index in [-0.39, 0.29) is 28.6 Å². The first kappa shape index (κ1) is 20.4. The molecule has 25 heavy (non-hydrogen) atoms. The van der Waals surface area contributed by atoms with Crippen molar-refractivity contribution < 1.29 is 19.4 Å². The molecule has 2 fully saturated rings. The molecular weight excluding hydrogens is 316 g/mol. The molecule has 0 aliphatic heterocycles. The van der Waals surface area contributed by atoms with Crippen molar-refractivity contribution in [3.63, 3.8) is 0 Å². The number of rotatable bonds is 5. The Morgan fingerprint density at radius 1 is 1.28 bits per heavy atom. The Bertz CT molecular complexity index is 522. The molecule has 0 saturated heterocycles. The second kappa shape index (κ2) is 7.02. The summed E-state index contributed by atoms with van der Waals surface area (Å²) in [6, 6.07) is 0. The van der Waals surface area contributed by atoms with Crippen LogP contribution in [0.4, 0.5) is 0 Å². The monoisotopic (exact) mass is 352 g/mol. The second-order valence-corrected chi connectivity index (χ2v) is 9.61. The van der Waals surface area contributed by atoms with Crippen LogP contribution in [0, 0.1) is 28.6 Å². The second-order valence-electron chi connectivity index (χ2n) is 9.61. The van der Waals surface area contributed by atoms with E-state index in [2.05, 4.69) is 27.7 Å². The van der Waals surface area contributed by atoms with Crippen LogP contribution in [-0.4, -0.2) is 29.6 Å². The van der Waals surface area contributed by atoms with Crippen LogP contribution in [0.5, 0.6) is 0 Å². The third-order valence-electron chi connectivity index (χ3n) is 7.45. The van der Waals surface area contributed by atoms with Crippen LogP contribution in [0.25, 0.3) is 0 Å². The van der Waals surface area contributed by atoms with Crippen molar-refractivity contribution in [1.82, 2.24) is 0 Å². The topological polar surface area (TPSA) is 63.6 Å². The molecule has 0 bridgehead atoms. The Kier molecular flexibility index (Phi) is 5.73. The minimum Gasteiger partial charge on any atom is -0.469 e. The van der Waals surface area contributed by atoms with Crippen molar-refractivity contribution in [3.05, 3.63) is 0 Å². The highest BCUT2D eigenvalue weighted by Gasteiger charge is 2.59. The molecule has 0 aromatic heterocycles. The third kappa shape index (κ3) is 3.79. The van der Waals surface area contributed by atoms with E-state index in [1.807, 2.05) is 6.92 Å². The summed E-state index contributed by atoms with van der Waals surface area (Å²) in [7, 11) is 1.42. The number of ether oxygens (including phenoxy) is 1. The summed E-state index contributed by atoms with van der Waals surface area (Å²) in [5.74, 6) is 0.921. The first-order valence-electron chi connectivity index (χ1n) is 9.77. The van der Waals surface area contributed by atoms with Gasteiger partial charge in [0.25, 0.3) is 0 Å². The fourth-order valence-electron chi connectivity index (χ4n) is 5.89. The van der Waals surface area contributed by atoms with Crippen LogP contribution < -0.4 is 0 Å². The van der Waals surface area contributed by atoms with Crippen LogP contribution >= 0.6 is 0 Å². The Morgan fingerprint density at radius 2 is 1.92 bits per heavy atom. The number of ketones is 1. The number of hydrogen-bond acceptors (Lipinski definition) is 4. The van der Waals surface area contributed by atoms with Crippen molar-refractivity contribution in [3.8, 4) is 0 Å². The number of esters is 1. The standard InChI is InChI=1S/C21H36O4/c1-14(13-18(23)25-6)7-8-16-20(4)11-10-17(22)19(2,3)15(20)9-12-21(16,5)24/h14-16,24H,7-13H2,1-6H3. The minimum absolute atomic E-state index is 0.0237. The number of carbonyl (C=O) groups is 2. The zero-order valence-corrected chi connectivity index (χ0v) is 16.9. The van der Waals surface area contributed by atoms with Gasteiger partial charge in [0.15, 0.2) is 0 Å². The van der Waals surface area contributed by atoms with E-state index < -0.39 is 5.60 Å². The van der Waals surface area contributed by atoms with Gasteiger partial charge in [-0.1, -0.05) is 27.7 Å². The van der Waals surface area contributed by atoms with E-state index in [4.69, 9.17) is 4.74 Å². The number of methoxy groups -OCH3 is 1. The van der Waals surface area contributed by atoms with Crippen LogP contribution in [0.3, 0.4) is 0 Å². The zero-order valence-electron chi connectivity index (χ0n) is 16.9. The molecule has 0 aromatic rings. The average molecular weight is 353 g/mol. The van der Waals surface area contributed by atoms with Gasteiger partial charge in [0.1, 0.15) is 5.78 Å². The molecule has 0 spiro atoms. The molecule has 144 valence electrons. The highest BCUT2D eigenvalue weighted by Crippen LogP contribution is 2.62. The summed E-state index contributed by atoms with van der Waals surface area (Å²) < 4.78 is 4.77. The van der Waals surface area contributed by atoms with Gasteiger partial charge in [0.2, 0.25) is 0 Å². The molecule has 5 unspecified atom stereocenters. The van der Waals surface area contributed by atoms with E-state index in [0.29, 0.717) is 24.5 Å². The predicted octanol–water partition coefficient (Wildman–Crippen LogP) is 4.14. The molecule has 2 rings (SSSR count). The number of hydrogen-bond donors (Lipinski definition) is 1. The molecule has 0 heterocycles. The van der Waals surface area contributed by atoms with Crippen molar-refractivity contribution >= 4 is 11.8 Å². The molecule has 4 heteroatoms. The maximum atomic E-state index is 12.5. The molecule has 1 N–H and O–H groups in total. The lowest BCUT2D eigenvalue weighted by atomic mass is 9.44. The molecule has 2 aliphatic carbocycles. The smallest absolute Gasteiger partial charge is 0.305 e. The van der Waals surface area contributed by atoms with Crippen molar-refractivity contribution in [2.45, 2.75) is 85.2 Å². The lowest BCUT2D eigenvalue weighted by molar-refractivity contribution is -0.178.